The summed E-state index contributed by atoms with van der Waals surface area (Å²) in [5.41, 5.74) is 7.08. The normalized spacial score (nSPS) is 10.9. The van der Waals surface area contributed by atoms with E-state index >= 15 is 0 Å². The fraction of sp³-hybridized carbons (Fsp3) is 0.400. The molecule has 0 atom stereocenters. The summed E-state index contributed by atoms with van der Waals surface area (Å²) in [6.07, 6.45) is 3.29. The molecule has 1 aromatic carbocycles. The van der Waals surface area contributed by atoms with Crippen LogP contribution in [0.3, 0.4) is 0 Å². The van der Waals surface area contributed by atoms with Gasteiger partial charge in [-0.1, -0.05) is 6.08 Å². The maximum atomic E-state index is 11.6. The first kappa shape index (κ1) is 13.5. The van der Waals surface area contributed by atoms with E-state index in [1.807, 2.05) is 6.92 Å². The summed E-state index contributed by atoms with van der Waals surface area (Å²) in [6, 6.07) is 0. The third-order valence-corrected chi connectivity index (χ3v) is 3.57. The Morgan fingerprint density at radius 3 is 1.71 bits per heavy atom. The van der Waals surface area contributed by atoms with Gasteiger partial charge in [0.1, 0.15) is 0 Å². The SMILES string of the molecule is CC=CC(=O)Nc1c(C)c(C)c(C)c(C)c1C. The highest BCUT2D eigenvalue weighted by Crippen LogP contribution is 2.30. The zero-order valence-corrected chi connectivity index (χ0v) is 11.6. The molecule has 2 nitrogen and oxygen atoms in total. The molecule has 0 saturated carbocycles. The number of anilines is 1. The second-order valence-corrected chi connectivity index (χ2v) is 4.49. The van der Waals surface area contributed by atoms with Crippen LogP contribution in [-0.2, 0) is 4.79 Å². The number of benzene rings is 1. The molecule has 0 aromatic heterocycles. The van der Waals surface area contributed by atoms with Gasteiger partial charge in [0, 0.05) is 5.69 Å². The van der Waals surface area contributed by atoms with E-state index in [1.165, 1.54) is 16.7 Å². The van der Waals surface area contributed by atoms with Gasteiger partial charge in [-0.3, -0.25) is 4.79 Å². The van der Waals surface area contributed by atoms with Crippen molar-refractivity contribution in [2.45, 2.75) is 41.5 Å². The molecule has 0 saturated heterocycles. The van der Waals surface area contributed by atoms with Crippen LogP contribution in [0.2, 0.25) is 0 Å². The van der Waals surface area contributed by atoms with Crippen molar-refractivity contribution in [1.29, 1.82) is 0 Å². The smallest absolute Gasteiger partial charge is 0.248 e. The zero-order chi connectivity index (χ0) is 13.2. The van der Waals surface area contributed by atoms with Gasteiger partial charge in [-0.05, 0) is 75.4 Å². The van der Waals surface area contributed by atoms with E-state index in [1.54, 1.807) is 12.2 Å². The average molecular weight is 231 g/mol. The number of amides is 1. The molecule has 0 heterocycles. The molecule has 0 aliphatic heterocycles. The third-order valence-electron chi connectivity index (χ3n) is 3.57. The van der Waals surface area contributed by atoms with Gasteiger partial charge < -0.3 is 5.32 Å². The monoisotopic (exact) mass is 231 g/mol. The lowest BCUT2D eigenvalue weighted by Crippen LogP contribution is -2.12. The Morgan fingerprint density at radius 2 is 1.29 bits per heavy atom. The van der Waals surface area contributed by atoms with E-state index in [0.717, 1.165) is 16.8 Å². The Bertz CT molecular complexity index is 455. The molecule has 2 heteroatoms. The largest absolute Gasteiger partial charge is 0.322 e. The van der Waals surface area contributed by atoms with Crippen molar-refractivity contribution in [1.82, 2.24) is 0 Å². The second-order valence-electron chi connectivity index (χ2n) is 4.49. The van der Waals surface area contributed by atoms with E-state index in [4.69, 9.17) is 0 Å². The van der Waals surface area contributed by atoms with Crippen molar-refractivity contribution >= 4 is 11.6 Å². The van der Waals surface area contributed by atoms with Crippen LogP contribution in [-0.4, -0.2) is 5.91 Å². The Kier molecular flexibility index (Phi) is 4.11. The third kappa shape index (κ3) is 2.57. The van der Waals surface area contributed by atoms with Crippen molar-refractivity contribution in [3.63, 3.8) is 0 Å². The lowest BCUT2D eigenvalue weighted by molar-refractivity contribution is -0.111. The predicted octanol–water partition coefficient (Wildman–Crippen LogP) is 3.74. The highest BCUT2D eigenvalue weighted by molar-refractivity contribution is 6.00. The molecule has 0 aliphatic carbocycles. The van der Waals surface area contributed by atoms with E-state index < -0.39 is 0 Å². The maximum Gasteiger partial charge on any atom is 0.248 e. The summed E-state index contributed by atoms with van der Waals surface area (Å²) in [7, 11) is 0. The fourth-order valence-corrected chi connectivity index (χ4v) is 2.00. The molecule has 1 rings (SSSR count). The molecule has 0 radical (unpaired) electrons. The summed E-state index contributed by atoms with van der Waals surface area (Å²) in [4.78, 5) is 11.6. The molecule has 0 spiro atoms. The van der Waals surface area contributed by atoms with Crippen LogP contribution < -0.4 is 5.32 Å². The predicted molar refractivity (Wildman–Crippen MR) is 73.6 cm³/mol. The summed E-state index contributed by atoms with van der Waals surface area (Å²) in [5.74, 6) is -0.0682. The molecular formula is C15H21NO. The highest BCUT2D eigenvalue weighted by atomic mass is 16.1. The number of hydrogen-bond acceptors (Lipinski definition) is 1. The molecule has 1 amide bonds. The molecule has 17 heavy (non-hydrogen) atoms. The molecule has 0 unspecified atom stereocenters. The number of carbonyl (C=O) groups is 1. The van der Waals surface area contributed by atoms with Gasteiger partial charge in [0.2, 0.25) is 5.91 Å². The highest BCUT2D eigenvalue weighted by Gasteiger charge is 2.13. The average Bonchev–Trinajstić information content (AvgIpc) is 2.30. The zero-order valence-electron chi connectivity index (χ0n) is 11.6. The quantitative estimate of drug-likeness (QED) is 0.772. The second kappa shape index (κ2) is 5.17. The van der Waals surface area contributed by atoms with Gasteiger partial charge in [0.15, 0.2) is 0 Å². The molecule has 92 valence electrons. The molecular weight excluding hydrogens is 210 g/mol. The Labute approximate surface area is 104 Å². The Balaban J connectivity index is 3.30. The summed E-state index contributed by atoms with van der Waals surface area (Å²) in [6.45, 7) is 12.3. The van der Waals surface area contributed by atoms with Crippen molar-refractivity contribution in [2.24, 2.45) is 0 Å². The van der Waals surface area contributed by atoms with Crippen molar-refractivity contribution in [3.05, 3.63) is 40.0 Å². The molecule has 1 N–H and O–H groups in total. The first-order chi connectivity index (χ1) is 7.90. The summed E-state index contributed by atoms with van der Waals surface area (Å²) in [5, 5.41) is 2.96. The first-order valence-corrected chi connectivity index (χ1v) is 5.90. The van der Waals surface area contributed by atoms with Crippen LogP contribution in [0.25, 0.3) is 0 Å². The Morgan fingerprint density at radius 1 is 0.882 bits per heavy atom. The van der Waals surface area contributed by atoms with Gasteiger partial charge in [-0.15, -0.1) is 0 Å². The lowest BCUT2D eigenvalue weighted by Gasteiger charge is -2.18. The number of rotatable bonds is 2. The van der Waals surface area contributed by atoms with Gasteiger partial charge in [0.05, 0.1) is 0 Å². The fourth-order valence-electron chi connectivity index (χ4n) is 2.00. The van der Waals surface area contributed by atoms with E-state index in [9.17, 15) is 4.79 Å². The maximum absolute atomic E-state index is 11.6. The first-order valence-electron chi connectivity index (χ1n) is 5.90. The van der Waals surface area contributed by atoms with E-state index in [0.29, 0.717) is 0 Å². The van der Waals surface area contributed by atoms with Crippen molar-refractivity contribution in [3.8, 4) is 0 Å². The number of hydrogen-bond donors (Lipinski definition) is 1. The number of allylic oxidation sites excluding steroid dienone is 1. The lowest BCUT2D eigenvalue weighted by atomic mass is 9.93. The molecule has 0 fully saturated rings. The number of carbonyl (C=O) groups excluding carboxylic acids is 1. The van der Waals surface area contributed by atoms with Crippen LogP contribution in [0, 0.1) is 34.6 Å². The van der Waals surface area contributed by atoms with Crippen molar-refractivity contribution in [2.75, 3.05) is 5.32 Å². The van der Waals surface area contributed by atoms with Gasteiger partial charge in [0.25, 0.3) is 0 Å². The van der Waals surface area contributed by atoms with Crippen molar-refractivity contribution < 1.29 is 4.79 Å². The van der Waals surface area contributed by atoms with E-state index in [2.05, 4.69) is 39.9 Å². The molecule has 1 aromatic rings. The molecule has 0 bridgehead atoms. The van der Waals surface area contributed by atoms with Gasteiger partial charge >= 0.3 is 0 Å². The summed E-state index contributed by atoms with van der Waals surface area (Å²) < 4.78 is 0. The van der Waals surface area contributed by atoms with Crippen LogP contribution in [0.4, 0.5) is 5.69 Å². The minimum atomic E-state index is -0.0682. The Hall–Kier alpha value is -1.57. The topological polar surface area (TPSA) is 29.1 Å². The summed E-state index contributed by atoms with van der Waals surface area (Å²) >= 11 is 0. The van der Waals surface area contributed by atoms with Crippen LogP contribution in [0.1, 0.15) is 34.7 Å². The van der Waals surface area contributed by atoms with E-state index in [-0.39, 0.29) is 5.91 Å². The van der Waals surface area contributed by atoms with Gasteiger partial charge in [-0.2, -0.15) is 0 Å². The number of nitrogens with one attached hydrogen (secondary N) is 1. The minimum absolute atomic E-state index is 0.0682. The van der Waals surface area contributed by atoms with Crippen LogP contribution in [0.15, 0.2) is 12.2 Å². The standard InChI is InChI=1S/C15H21NO/c1-7-8-14(17)16-15-12(5)10(3)9(2)11(4)13(15)6/h7-8H,1-6H3,(H,16,17). The minimum Gasteiger partial charge on any atom is -0.322 e. The van der Waals surface area contributed by atoms with Crippen LogP contribution in [0.5, 0.6) is 0 Å². The van der Waals surface area contributed by atoms with Crippen LogP contribution >= 0.6 is 0 Å². The molecule has 0 aliphatic rings. The van der Waals surface area contributed by atoms with Gasteiger partial charge in [-0.25, -0.2) is 0 Å².